The van der Waals surface area contributed by atoms with Gasteiger partial charge in [-0.1, -0.05) is 25.1 Å². The van der Waals surface area contributed by atoms with Crippen LogP contribution in [0.15, 0.2) is 35.7 Å². The zero-order valence-electron chi connectivity index (χ0n) is 11.8. The van der Waals surface area contributed by atoms with E-state index in [1.54, 1.807) is 17.4 Å². The lowest BCUT2D eigenvalue weighted by atomic mass is 10.1. The molecule has 0 saturated carbocycles. The van der Waals surface area contributed by atoms with Crippen molar-refractivity contribution in [3.05, 3.63) is 57.3 Å². The predicted octanol–water partition coefficient (Wildman–Crippen LogP) is 3.39. The molecule has 2 aromatic rings. The van der Waals surface area contributed by atoms with E-state index in [0.717, 1.165) is 18.5 Å². The molecule has 1 N–H and O–H groups in total. The average molecular weight is 289 g/mol. The van der Waals surface area contributed by atoms with Crippen LogP contribution in [-0.4, -0.2) is 13.1 Å². The largest absolute Gasteiger partial charge is 0.465 e. The molecule has 0 unspecified atom stereocenters. The van der Waals surface area contributed by atoms with E-state index in [1.165, 1.54) is 17.6 Å². The molecule has 3 nitrogen and oxygen atoms in total. The molecule has 0 spiro atoms. The minimum absolute atomic E-state index is 0.284. The maximum absolute atomic E-state index is 11.7. The molecule has 1 aromatic carbocycles. The summed E-state index contributed by atoms with van der Waals surface area (Å²) in [6.45, 7) is 3.65. The first-order chi connectivity index (χ1) is 9.76. The van der Waals surface area contributed by atoms with Crippen molar-refractivity contribution in [1.82, 2.24) is 5.32 Å². The molecule has 0 saturated heterocycles. The summed E-state index contributed by atoms with van der Waals surface area (Å²) in [4.78, 5) is 13.0. The maximum atomic E-state index is 11.7. The highest BCUT2D eigenvalue weighted by Crippen LogP contribution is 2.17. The van der Waals surface area contributed by atoms with Crippen molar-refractivity contribution in [2.45, 2.75) is 26.4 Å². The Labute approximate surface area is 123 Å². The number of esters is 1. The minimum Gasteiger partial charge on any atom is -0.465 e. The predicted molar refractivity (Wildman–Crippen MR) is 82.0 cm³/mol. The molecular weight excluding hydrogens is 270 g/mol. The van der Waals surface area contributed by atoms with Crippen LogP contribution >= 0.6 is 11.3 Å². The van der Waals surface area contributed by atoms with E-state index < -0.39 is 0 Å². The fourth-order valence-corrected chi connectivity index (χ4v) is 3.08. The van der Waals surface area contributed by atoms with Gasteiger partial charge in [-0.15, -0.1) is 11.3 Å². The number of carbonyl (C=O) groups excluding carboxylic acids is 1. The summed E-state index contributed by atoms with van der Waals surface area (Å²) in [7, 11) is 1.41. The van der Waals surface area contributed by atoms with Crippen molar-refractivity contribution in [3.63, 3.8) is 0 Å². The second-order valence-electron chi connectivity index (χ2n) is 4.47. The van der Waals surface area contributed by atoms with Crippen molar-refractivity contribution in [3.8, 4) is 0 Å². The molecule has 1 heterocycles. The zero-order valence-corrected chi connectivity index (χ0v) is 12.6. The number of methoxy groups -OCH3 is 1. The van der Waals surface area contributed by atoms with Gasteiger partial charge in [-0.25, -0.2) is 4.79 Å². The van der Waals surface area contributed by atoms with E-state index in [2.05, 4.69) is 23.7 Å². The summed E-state index contributed by atoms with van der Waals surface area (Å²) in [5.41, 5.74) is 2.99. The quantitative estimate of drug-likeness (QED) is 0.828. The second kappa shape index (κ2) is 7.22. The highest BCUT2D eigenvalue weighted by Gasteiger charge is 2.10. The molecule has 0 bridgehead atoms. The fourth-order valence-electron chi connectivity index (χ4n) is 2.13. The van der Waals surface area contributed by atoms with Crippen molar-refractivity contribution in [1.29, 1.82) is 0 Å². The number of hydrogen-bond acceptors (Lipinski definition) is 4. The highest BCUT2D eigenvalue weighted by atomic mass is 32.1. The van der Waals surface area contributed by atoms with Gasteiger partial charge in [-0.2, -0.15) is 0 Å². The van der Waals surface area contributed by atoms with Crippen molar-refractivity contribution < 1.29 is 9.53 Å². The van der Waals surface area contributed by atoms with Crippen LogP contribution < -0.4 is 5.32 Å². The SMILES string of the molecule is CCc1ccsc1CNCc1ccccc1C(=O)OC. The van der Waals surface area contributed by atoms with Crippen LogP contribution in [0, 0.1) is 0 Å². The van der Waals surface area contributed by atoms with Gasteiger partial charge in [0.2, 0.25) is 0 Å². The monoisotopic (exact) mass is 289 g/mol. The maximum Gasteiger partial charge on any atom is 0.338 e. The normalized spacial score (nSPS) is 10.5. The minimum atomic E-state index is -0.284. The lowest BCUT2D eigenvalue weighted by molar-refractivity contribution is 0.0599. The molecule has 0 atom stereocenters. The number of hydrogen-bond donors (Lipinski definition) is 1. The molecule has 20 heavy (non-hydrogen) atoms. The number of rotatable bonds is 6. The average Bonchev–Trinajstić information content (AvgIpc) is 2.94. The first-order valence-corrected chi connectivity index (χ1v) is 7.56. The number of carbonyl (C=O) groups is 1. The lowest BCUT2D eigenvalue weighted by Gasteiger charge is -2.09. The van der Waals surface area contributed by atoms with Gasteiger partial charge in [0.15, 0.2) is 0 Å². The van der Waals surface area contributed by atoms with Crippen LogP contribution in [0.1, 0.15) is 33.3 Å². The van der Waals surface area contributed by atoms with E-state index in [-0.39, 0.29) is 5.97 Å². The van der Waals surface area contributed by atoms with Crippen molar-refractivity contribution in [2.24, 2.45) is 0 Å². The third kappa shape index (κ3) is 3.46. The molecule has 2 rings (SSSR count). The molecule has 0 aliphatic carbocycles. The first kappa shape index (κ1) is 14.8. The lowest BCUT2D eigenvalue weighted by Crippen LogP contribution is -2.16. The van der Waals surface area contributed by atoms with E-state index in [4.69, 9.17) is 4.74 Å². The second-order valence-corrected chi connectivity index (χ2v) is 5.48. The Morgan fingerprint density at radius 3 is 2.75 bits per heavy atom. The van der Waals surface area contributed by atoms with Crippen molar-refractivity contribution in [2.75, 3.05) is 7.11 Å². The third-order valence-corrected chi connectivity index (χ3v) is 4.21. The van der Waals surface area contributed by atoms with Gasteiger partial charge in [0.25, 0.3) is 0 Å². The summed E-state index contributed by atoms with van der Waals surface area (Å²) in [6, 6.07) is 9.71. The van der Waals surface area contributed by atoms with Gasteiger partial charge >= 0.3 is 5.97 Å². The van der Waals surface area contributed by atoms with Crippen LogP contribution in [0.25, 0.3) is 0 Å². The Morgan fingerprint density at radius 2 is 2.00 bits per heavy atom. The molecule has 4 heteroatoms. The number of nitrogens with one attached hydrogen (secondary N) is 1. The Kier molecular flexibility index (Phi) is 5.32. The van der Waals surface area contributed by atoms with Crippen LogP contribution in [0.3, 0.4) is 0 Å². The van der Waals surface area contributed by atoms with Gasteiger partial charge in [0, 0.05) is 18.0 Å². The fraction of sp³-hybridized carbons (Fsp3) is 0.312. The van der Waals surface area contributed by atoms with E-state index in [0.29, 0.717) is 12.1 Å². The van der Waals surface area contributed by atoms with Gasteiger partial charge in [0.05, 0.1) is 12.7 Å². The number of benzene rings is 1. The molecule has 0 fully saturated rings. The van der Waals surface area contributed by atoms with Gasteiger partial charge in [-0.05, 0) is 35.1 Å². The number of aryl methyl sites for hydroxylation is 1. The van der Waals surface area contributed by atoms with E-state index >= 15 is 0 Å². The third-order valence-electron chi connectivity index (χ3n) is 3.24. The Morgan fingerprint density at radius 1 is 1.20 bits per heavy atom. The van der Waals surface area contributed by atoms with Crippen LogP contribution in [0.2, 0.25) is 0 Å². The Balaban J connectivity index is 1.99. The molecule has 106 valence electrons. The van der Waals surface area contributed by atoms with E-state index in [1.807, 2.05) is 18.2 Å². The smallest absolute Gasteiger partial charge is 0.338 e. The number of ether oxygens (including phenoxy) is 1. The van der Waals surface area contributed by atoms with Crippen LogP contribution in [0.5, 0.6) is 0 Å². The molecular formula is C16H19NO2S. The zero-order chi connectivity index (χ0) is 14.4. The summed E-state index contributed by atoms with van der Waals surface area (Å²) in [5.74, 6) is -0.284. The molecule has 0 radical (unpaired) electrons. The molecule has 0 aliphatic heterocycles. The van der Waals surface area contributed by atoms with Crippen LogP contribution in [0.4, 0.5) is 0 Å². The molecule has 0 amide bonds. The standard InChI is InChI=1S/C16H19NO2S/c1-3-12-8-9-20-15(12)11-17-10-13-6-4-5-7-14(13)16(18)19-2/h4-9,17H,3,10-11H2,1-2H3. The van der Waals surface area contributed by atoms with Gasteiger partial charge in [0.1, 0.15) is 0 Å². The van der Waals surface area contributed by atoms with Gasteiger partial charge in [-0.3, -0.25) is 0 Å². The van der Waals surface area contributed by atoms with Crippen molar-refractivity contribution >= 4 is 17.3 Å². The van der Waals surface area contributed by atoms with E-state index in [9.17, 15) is 4.79 Å². The first-order valence-electron chi connectivity index (χ1n) is 6.68. The number of thiophene rings is 1. The molecule has 1 aromatic heterocycles. The molecule has 0 aliphatic rings. The van der Waals surface area contributed by atoms with Gasteiger partial charge < -0.3 is 10.1 Å². The summed E-state index contributed by atoms with van der Waals surface area (Å²) >= 11 is 1.77. The summed E-state index contributed by atoms with van der Waals surface area (Å²) < 4.78 is 4.80. The highest BCUT2D eigenvalue weighted by molar-refractivity contribution is 7.10. The topological polar surface area (TPSA) is 38.3 Å². The Hall–Kier alpha value is -1.65. The Bertz CT molecular complexity index is 577. The summed E-state index contributed by atoms with van der Waals surface area (Å²) in [5, 5.41) is 5.52. The van der Waals surface area contributed by atoms with Crippen LogP contribution in [-0.2, 0) is 24.2 Å². The summed E-state index contributed by atoms with van der Waals surface area (Å²) in [6.07, 6.45) is 1.05.